The number of aromatic nitrogens is 3. The monoisotopic (exact) mass is 331 g/mol. The molecular formula is C13H9ClF3N3S. The topological polar surface area (TPSA) is 30.7 Å². The smallest absolute Gasteiger partial charge is 0.322 e. The molecule has 21 heavy (non-hydrogen) atoms. The van der Waals surface area contributed by atoms with Crippen LogP contribution in [0.4, 0.5) is 13.2 Å². The van der Waals surface area contributed by atoms with Crippen LogP contribution in [0.15, 0.2) is 29.9 Å². The molecule has 0 saturated carbocycles. The lowest BCUT2D eigenvalue weighted by Crippen LogP contribution is -2.05. The zero-order valence-electron chi connectivity index (χ0n) is 10.6. The van der Waals surface area contributed by atoms with Crippen LogP contribution in [-0.2, 0) is 18.6 Å². The minimum atomic E-state index is -4.38. The summed E-state index contributed by atoms with van der Waals surface area (Å²) in [4.78, 5) is 9.18. The Kier molecular flexibility index (Phi) is 3.62. The van der Waals surface area contributed by atoms with Crippen LogP contribution in [0.1, 0.15) is 16.3 Å². The standard InChI is InChI=1S/C13H9ClF3N3S/c14-4-12-19-10-3-8(13(15,16)17)1-2-11(10)20(12)6-9-5-18-7-21-9/h1-3,5,7H,4,6H2. The summed E-state index contributed by atoms with van der Waals surface area (Å²) >= 11 is 7.33. The largest absolute Gasteiger partial charge is 0.416 e. The summed E-state index contributed by atoms with van der Waals surface area (Å²) in [7, 11) is 0. The summed E-state index contributed by atoms with van der Waals surface area (Å²) < 4.78 is 40.0. The van der Waals surface area contributed by atoms with Crippen molar-refractivity contribution in [3.05, 3.63) is 46.2 Å². The van der Waals surface area contributed by atoms with Gasteiger partial charge in [0.25, 0.3) is 0 Å². The van der Waals surface area contributed by atoms with Gasteiger partial charge in [-0.1, -0.05) is 0 Å². The number of hydrogen-bond donors (Lipinski definition) is 0. The third-order valence-electron chi connectivity index (χ3n) is 3.07. The number of nitrogens with zero attached hydrogens (tertiary/aromatic N) is 3. The van der Waals surface area contributed by atoms with Gasteiger partial charge in [0, 0.05) is 11.1 Å². The summed E-state index contributed by atoms with van der Waals surface area (Å²) in [5.41, 5.74) is 1.92. The number of benzene rings is 1. The fourth-order valence-corrected chi connectivity index (χ4v) is 2.90. The molecule has 1 aromatic carbocycles. The molecule has 3 rings (SSSR count). The van der Waals surface area contributed by atoms with Gasteiger partial charge in [-0.05, 0) is 18.2 Å². The zero-order chi connectivity index (χ0) is 15.0. The van der Waals surface area contributed by atoms with Gasteiger partial charge in [-0.15, -0.1) is 22.9 Å². The number of rotatable bonds is 3. The van der Waals surface area contributed by atoms with Crippen molar-refractivity contribution >= 4 is 34.0 Å². The van der Waals surface area contributed by atoms with E-state index in [9.17, 15) is 13.2 Å². The number of thiazole rings is 1. The van der Waals surface area contributed by atoms with Crippen LogP contribution in [0.5, 0.6) is 0 Å². The van der Waals surface area contributed by atoms with Gasteiger partial charge >= 0.3 is 6.18 Å². The van der Waals surface area contributed by atoms with Crippen molar-refractivity contribution < 1.29 is 13.2 Å². The third kappa shape index (κ3) is 2.75. The second-order valence-corrected chi connectivity index (χ2v) is 5.65. The first-order chi connectivity index (χ1) is 9.99. The first-order valence-electron chi connectivity index (χ1n) is 5.98. The minimum absolute atomic E-state index is 0.134. The fraction of sp³-hybridized carbons (Fsp3) is 0.231. The summed E-state index contributed by atoms with van der Waals surface area (Å²) in [6, 6.07) is 3.54. The zero-order valence-corrected chi connectivity index (χ0v) is 12.1. The van der Waals surface area contributed by atoms with Crippen LogP contribution in [0.25, 0.3) is 11.0 Å². The highest BCUT2D eigenvalue weighted by atomic mass is 35.5. The quantitative estimate of drug-likeness (QED) is 0.670. The predicted molar refractivity (Wildman–Crippen MR) is 75.5 cm³/mol. The molecule has 0 atom stereocenters. The number of alkyl halides is 4. The van der Waals surface area contributed by atoms with Crippen LogP contribution >= 0.6 is 22.9 Å². The average Bonchev–Trinajstić information content (AvgIpc) is 3.05. The van der Waals surface area contributed by atoms with Crippen LogP contribution in [0.3, 0.4) is 0 Å². The van der Waals surface area contributed by atoms with Crippen LogP contribution in [-0.4, -0.2) is 14.5 Å². The number of fused-ring (bicyclic) bond motifs is 1. The molecule has 0 aliphatic carbocycles. The van der Waals surface area contributed by atoms with Gasteiger partial charge in [-0.3, -0.25) is 4.98 Å². The van der Waals surface area contributed by atoms with Gasteiger partial charge in [0.2, 0.25) is 0 Å². The van der Waals surface area contributed by atoms with E-state index in [0.29, 0.717) is 23.4 Å². The molecular weight excluding hydrogens is 323 g/mol. The van der Waals surface area contributed by atoms with Crippen LogP contribution in [0, 0.1) is 0 Å². The van der Waals surface area contributed by atoms with E-state index in [1.54, 1.807) is 11.7 Å². The van der Waals surface area contributed by atoms with E-state index in [-0.39, 0.29) is 5.88 Å². The van der Waals surface area contributed by atoms with Crippen molar-refractivity contribution in [3.63, 3.8) is 0 Å². The number of imidazole rings is 1. The summed E-state index contributed by atoms with van der Waals surface area (Å²) in [5, 5.41) is 0. The Hall–Kier alpha value is -1.60. The van der Waals surface area contributed by atoms with E-state index < -0.39 is 11.7 Å². The highest BCUT2D eigenvalue weighted by molar-refractivity contribution is 7.09. The van der Waals surface area contributed by atoms with E-state index in [0.717, 1.165) is 17.0 Å². The normalized spacial score (nSPS) is 12.2. The molecule has 0 aliphatic rings. The highest BCUT2D eigenvalue weighted by Gasteiger charge is 2.31. The van der Waals surface area contributed by atoms with E-state index in [1.807, 2.05) is 4.57 Å². The van der Waals surface area contributed by atoms with Gasteiger partial charge in [0.15, 0.2) is 0 Å². The number of halogens is 4. The summed E-state index contributed by atoms with van der Waals surface area (Å²) in [5.74, 6) is 0.675. The van der Waals surface area contributed by atoms with E-state index in [2.05, 4.69) is 9.97 Å². The lowest BCUT2D eigenvalue weighted by atomic mass is 10.2. The Balaban J connectivity index is 2.10. The molecule has 2 aromatic heterocycles. The molecule has 0 radical (unpaired) electrons. The van der Waals surface area contributed by atoms with Crippen molar-refractivity contribution in [2.24, 2.45) is 0 Å². The molecule has 0 N–H and O–H groups in total. The molecule has 0 aliphatic heterocycles. The second-order valence-electron chi connectivity index (χ2n) is 4.42. The molecule has 0 saturated heterocycles. The first kappa shape index (κ1) is 14.3. The Morgan fingerprint density at radius 3 is 2.71 bits per heavy atom. The highest BCUT2D eigenvalue weighted by Crippen LogP contribution is 2.32. The lowest BCUT2D eigenvalue weighted by Gasteiger charge is -2.07. The molecule has 110 valence electrons. The van der Waals surface area contributed by atoms with Crippen molar-refractivity contribution in [3.8, 4) is 0 Å². The van der Waals surface area contributed by atoms with Crippen molar-refractivity contribution in [1.29, 1.82) is 0 Å². The average molecular weight is 332 g/mol. The molecule has 0 amide bonds. The summed E-state index contributed by atoms with van der Waals surface area (Å²) in [6.07, 6.45) is -2.66. The Morgan fingerprint density at radius 1 is 1.29 bits per heavy atom. The van der Waals surface area contributed by atoms with Gasteiger partial charge in [-0.25, -0.2) is 4.98 Å². The van der Waals surface area contributed by atoms with Gasteiger partial charge < -0.3 is 4.57 Å². The van der Waals surface area contributed by atoms with Crippen molar-refractivity contribution in [2.45, 2.75) is 18.6 Å². The molecule has 3 aromatic rings. The molecule has 0 bridgehead atoms. The molecule has 0 unspecified atom stereocenters. The SMILES string of the molecule is FC(F)(F)c1ccc2c(c1)nc(CCl)n2Cc1cncs1. The third-order valence-corrected chi connectivity index (χ3v) is 4.07. The predicted octanol–water partition coefficient (Wildman–Crippen LogP) is 4.30. The van der Waals surface area contributed by atoms with Gasteiger partial charge in [-0.2, -0.15) is 13.2 Å². The first-order valence-corrected chi connectivity index (χ1v) is 7.40. The molecule has 3 nitrogen and oxygen atoms in total. The fourth-order valence-electron chi connectivity index (χ4n) is 2.11. The number of hydrogen-bond acceptors (Lipinski definition) is 3. The van der Waals surface area contributed by atoms with E-state index in [4.69, 9.17) is 11.6 Å². The van der Waals surface area contributed by atoms with Crippen molar-refractivity contribution in [1.82, 2.24) is 14.5 Å². The van der Waals surface area contributed by atoms with Crippen LogP contribution < -0.4 is 0 Å². The maximum atomic E-state index is 12.7. The maximum Gasteiger partial charge on any atom is 0.416 e. The molecule has 0 fully saturated rings. The minimum Gasteiger partial charge on any atom is -0.322 e. The molecule has 2 heterocycles. The Labute approximate surface area is 127 Å². The van der Waals surface area contributed by atoms with E-state index >= 15 is 0 Å². The maximum absolute atomic E-state index is 12.7. The van der Waals surface area contributed by atoms with E-state index in [1.165, 1.54) is 17.4 Å². The summed E-state index contributed by atoms with van der Waals surface area (Å²) in [6.45, 7) is 0.495. The van der Waals surface area contributed by atoms with Gasteiger partial charge in [0.1, 0.15) is 5.82 Å². The lowest BCUT2D eigenvalue weighted by molar-refractivity contribution is -0.137. The Morgan fingerprint density at radius 2 is 2.10 bits per heavy atom. The second kappa shape index (κ2) is 5.31. The van der Waals surface area contributed by atoms with Crippen molar-refractivity contribution in [2.75, 3.05) is 0 Å². The van der Waals surface area contributed by atoms with Crippen LogP contribution in [0.2, 0.25) is 0 Å². The Bertz CT molecular complexity index is 765. The molecule has 8 heteroatoms. The molecule has 0 spiro atoms. The van der Waals surface area contributed by atoms with Gasteiger partial charge in [0.05, 0.1) is 34.5 Å².